The molecule has 192 valence electrons. The average molecular weight is 515 g/mol. The molecule has 7 nitrogen and oxygen atoms in total. The van der Waals surface area contributed by atoms with Gasteiger partial charge in [-0.05, 0) is 55.5 Å². The van der Waals surface area contributed by atoms with Gasteiger partial charge in [0.05, 0.1) is 38.8 Å². The zero-order chi connectivity index (χ0) is 26.2. The number of halogens is 3. The molecule has 3 unspecified atom stereocenters. The quantitative estimate of drug-likeness (QED) is 0.523. The molecule has 1 fully saturated rings. The van der Waals surface area contributed by atoms with Gasteiger partial charge in [0.15, 0.2) is 0 Å². The molecule has 3 atom stereocenters. The number of anilines is 1. The fraction of sp³-hybridized carbons (Fsp3) is 0.458. The van der Waals surface area contributed by atoms with Crippen LogP contribution in [0, 0.1) is 0 Å². The molecule has 0 radical (unpaired) electrons. The number of hydrogen-bond acceptors (Lipinski definition) is 5. The van der Waals surface area contributed by atoms with Crippen molar-refractivity contribution in [2.45, 2.75) is 62.6 Å². The van der Waals surface area contributed by atoms with E-state index in [1.807, 2.05) is 13.8 Å². The van der Waals surface area contributed by atoms with Crippen molar-refractivity contribution < 1.29 is 36.8 Å². The summed E-state index contributed by atoms with van der Waals surface area (Å²) in [5.74, 6) is -2.70. The standard InChI is InChI=1S/C22H23F3N2O5S.C2H6/c1-33(31)18-7-5-13(10-17(18)22(23,24)25)16(11-15-4-2-3-9-32-15)20(28)27-19-8-6-14(12-26-19)21(29)30;1-2/h5-8,10,12,15-16H,2-4,9,11H2,1H3,(H,29,30)(H,26,27,28);1-2H3. The maximum atomic E-state index is 13.6. The van der Waals surface area contributed by atoms with Gasteiger partial charge in [0.1, 0.15) is 5.82 Å². The van der Waals surface area contributed by atoms with E-state index in [1.165, 1.54) is 18.2 Å². The van der Waals surface area contributed by atoms with Crippen molar-refractivity contribution in [3.63, 3.8) is 0 Å². The lowest BCUT2D eigenvalue weighted by molar-refractivity contribution is -0.140. The molecule has 1 aromatic carbocycles. The van der Waals surface area contributed by atoms with Gasteiger partial charge in [-0.1, -0.05) is 19.9 Å². The third-order valence-electron chi connectivity index (χ3n) is 5.37. The number of aromatic carboxylic acids is 1. The maximum absolute atomic E-state index is 13.6. The van der Waals surface area contributed by atoms with Crippen LogP contribution in [-0.2, 0) is 26.5 Å². The van der Waals surface area contributed by atoms with Crippen LogP contribution in [0.5, 0.6) is 0 Å². The van der Waals surface area contributed by atoms with Gasteiger partial charge < -0.3 is 15.2 Å². The number of rotatable bonds is 7. The molecule has 2 aromatic rings. The Morgan fingerprint density at radius 3 is 2.46 bits per heavy atom. The second-order valence-corrected chi connectivity index (χ2v) is 9.06. The van der Waals surface area contributed by atoms with E-state index >= 15 is 0 Å². The lowest BCUT2D eigenvalue weighted by Gasteiger charge is -2.27. The van der Waals surface area contributed by atoms with Crippen molar-refractivity contribution in [3.05, 3.63) is 53.2 Å². The van der Waals surface area contributed by atoms with Crippen LogP contribution in [0.3, 0.4) is 0 Å². The van der Waals surface area contributed by atoms with Gasteiger partial charge in [-0.25, -0.2) is 9.78 Å². The molecule has 3 rings (SSSR count). The Morgan fingerprint density at radius 1 is 1.23 bits per heavy atom. The number of aromatic nitrogens is 1. The number of alkyl halides is 3. The highest BCUT2D eigenvalue weighted by atomic mass is 32.2. The third-order valence-corrected chi connectivity index (χ3v) is 6.35. The molecule has 1 aliphatic rings. The Kier molecular flexibility index (Phi) is 10.4. The van der Waals surface area contributed by atoms with Gasteiger partial charge in [-0.3, -0.25) is 9.00 Å². The van der Waals surface area contributed by atoms with Gasteiger partial charge in [0, 0.05) is 19.1 Å². The van der Waals surface area contributed by atoms with Crippen LogP contribution in [0.1, 0.15) is 66.9 Å². The number of pyridine rings is 1. The topological polar surface area (TPSA) is 106 Å². The Bertz CT molecular complexity index is 1040. The number of amides is 1. The summed E-state index contributed by atoms with van der Waals surface area (Å²) in [4.78, 5) is 27.6. The fourth-order valence-corrected chi connectivity index (χ4v) is 4.44. The predicted molar refractivity (Wildman–Crippen MR) is 126 cm³/mol. The molecule has 1 aliphatic heterocycles. The summed E-state index contributed by atoms with van der Waals surface area (Å²) in [6.45, 7) is 4.51. The van der Waals surface area contributed by atoms with Crippen molar-refractivity contribution in [2.75, 3.05) is 18.2 Å². The van der Waals surface area contributed by atoms with Crippen LogP contribution in [0.25, 0.3) is 0 Å². The highest BCUT2D eigenvalue weighted by Gasteiger charge is 2.36. The summed E-state index contributed by atoms with van der Waals surface area (Å²) >= 11 is 0. The van der Waals surface area contributed by atoms with Gasteiger partial charge in [0.25, 0.3) is 0 Å². The summed E-state index contributed by atoms with van der Waals surface area (Å²) in [5, 5.41) is 11.5. The van der Waals surface area contributed by atoms with E-state index in [1.54, 1.807) is 0 Å². The van der Waals surface area contributed by atoms with Gasteiger partial charge in [-0.15, -0.1) is 0 Å². The summed E-state index contributed by atoms with van der Waals surface area (Å²) in [6, 6.07) is 5.94. The Balaban J connectivity index is 0.00000210. The van der Waals surface area contributed by atoms with E-state index in [0.717, 1.165) is 37.4 Å². The molecular weight excluding hydrogens is 485 g/mol. The molecule has 1 amide bonds. The summed E-state index contributed by atoms with van der Waals surface area (Å²) < 4.78 is 58.5. The number of benzene rings is 1. The first kappa shape index (κ1) is 28.4. The molecular formula is C24H29F3N2O5S. The second-order valence-electron chi connectivity index (χ2n) is 7.71. The molecule has 35 heavy (non-hydrogen) atoms. The molecule has 0 aliphatic carbocycles. The van der Waals surface area contributed by atoms with Gasteiger partial charge >= 0.3 is 12.1 Å². The first-order chi connectivity index (χ1) is 16.6. The number of nitrogens with zero attached hydrogens (tertiary/aromatic N) is 1. The number of carboxylic acids is 1. The molecule has 1 aromatic heterocycles. The van der Waals surface area contributed by atoms with Crippen LogP contribution >= 0.6 is 0 Å². The SMILES string of the molecule is CC.CS(=O)c1ccc(C(CC2CCCCO2)C(=O)Nc2ccc(C(=O)O)cn2)cc1C(F)(F)F. The average Bonchev–Trinajstić information content (AvgIpc) is 2.83. The lowest BCUT2D eigenvalue weighted by Crippen LogP contribution is -2.29. The maximum Gasteiger partial charge on any atom is 0.417 e. The predicted octanol–water partition coefficient (Wildman–Crippen LogP) is 5.24. The number of carbonyl (C=O) groups is 2. The minimum absolute atomic E-state index is 0.0712. The van der Waals surface area contributed by atoms with Crippen molar-refractivity contribution in [3.8, 4) is 0 Å². The first-order valence-electron chi connectivity index (χ1n) is 11.2. The third kappa shape index (κ3) is 7.86. The van der Waals surface area contributed by atoms with Crippen LogP contribution in [0.2, 0.25) is 0 Å². The van der Waals surface area contributed by atoms with Crippen LogP contribution < -0.4 is 5.32 Å². The summed E-state index contributed by atoms with van der Waals surface area (Å²) in [7, 11) is -1.87. The molecule has 11 heteroatoms. The van der Waals surface area contributed by atoms with Crippen molar-refractivity contribution in [2.24, 2.45) is 0 Å². The van der Waals surface area contributed by atoms with Gasteiger partial charge in [0.2, 0.25) is 5.91 Å². The number of hydrogen-bond donors (Lipinski definition) is 2. The zero-order valence-electron chi connectivity index (χ0n) is 19.7. The molecule has 0 bridgehead atoms. The number of carboxylic acid groups (broad SMARTS) is 1. The fourth-order valence-electron chi connectivity index (χ4n) is 3.69. The number of ether oxygens (including phenoxy) is 1. The van der Waals surface area contributed by atoms with Crippen molar-refractivity contribution in [1.82, 2.24) is 4.98 Å². The minimum Gasteiger partial charge on any atom is -0.478 e. The minimum atomic E-state index is -4.74. The van der Waals surface area contributed by atoms with Crippen LogP contribution in [0.4, 0.5) is 19.0 Å². The molecule has 0 saturated carbocycles. The second kappa shape index (κ2) is 12.8. The number of nitrogens with one attached hydrogen (secondary N) is 1. The molecule has 2 heterocycles. The Labute approximate surface area is 204 Å². The highest BCUT2D eigenvalue weighted by molar-refractivity contribution is 7.84. The zero-order valence-corrected chi connectivity index (χ0v) is 20.5. The lowest BCUT2D eigenvalue weighted by atomic mass is 9.89. The smallest absolute Gasteiger partial charge is 0.417 e. The highest BCUT2D eigenvalue weighted by Crippen LogP contribution is 2.37. The van der Waals surface area contributed by atoms with E-state index in [-0.39, 0.29) is 34.4 Å². The molecule has 1 saturated heterocycles. The Morgan fingerprint density at radius 2 is 1.94 bits per heavy atom. The van der Waals surface area contributed by atoms with Crippen LogP contribution in [0.15, 0.2) is 41.4 Å². The normalized spacial score (nSPS) is 17.5. The Hall–Kier alpha value is -2.79. The van der Waals surface area contributed by atoms with E-state index in [9.17, 15) is 27.0 Å². The van der Waals surface area contributed by atoms with E-state index < -0.39 is 40.3 Å². The first-order valence-corrected chi connectivity index (χ1v) is 12.8. The molecule has 2 N–H and O–H groups in total. The monoisotopic (exact) mass is 514 g/mol. The molecule has 0 spiro atoms. The van der Waals surface area contributed by atoms with Crippen LogP contribution in [-0.4, -0.2) is 45.1 Å². The van der Waals surface area contributed by atoms with E-state index in [2.05, 4.69) is 10.3 Å². The van der Waals surface area contributed by atoms with E-state index in [4.69, 9.17) is 9.84 Å². The summed E-state index contributed by atoms with van der Waals surface area (Å²) in [5.41, 5.74) is -1.00. The van der Waals surface area contributed by atoms with E-state index in [0.29, 0.717) is 13.0 Å². The van der Waals surface area contributed by atoms with Crippen molar-refractivity contribution >= 4 is 28.5 Å². The number of carbonyl (C=O) groups excluding carboxylic acids is 1. The van der Waals surface area contributed by atoms with Gasteiger partial charge in [-0.2, -0.15) is 13.2 Å². The largest absolute Gasteiger partial charge is 0.478 e. The summed E-state index contributed by atoms with van der Waals surface area (Å²) in [6.07, 6.45) is -0.203. The van der Waals surface area contributed by atoms with Crippen molar-refractivity contribution in [1.29, 1.82) is 0 Å².